The highest BCUT2D eigenvalue weighted by molar-refractivity contribution is 5.30. The lowest BCUT2D eigenvalue weighted by molar-refractivity contribution is 0.508. The quantitative estimate of drug-likeness (QED) is 0.757. The van der Waals surface area contributed by atoms with Gasteiger partial charge < -0.3 is 11.1 Å². The topological polar surface area (TPSA) is 76.7 Å². The summed E-state index contributed by atoms with van der Waals surface area (Å²) in [6, 6.07) is 0.372. The highest BCUT2D eigenvalue weighted by atomic mass is 15.2. The summed E-state index contributed by atoms with van der Waals surface area (Å²) in [5.41, 5.74) is 5.45. The van der Waals surface area contributed by atoms with Crippen molar-refractivity contribution in [3.8, 4) is 0 Å². The lowest BCUT2D eigenvalue weighted by atomic mass is 10.0. The van der Waals surface area contributed by atoms with E-state index in [0.717, 1.165) is 6.42 Å². The number of anilines is 2. The van der Waals surface area contributed by atoms with Gasteiger partial charge in [-0.15, -0.1) is 0 Å². The second kappa shape index (κ2) is 4.74. The predicted molar refractivity (Wildman–Crippen MR) is 56.8 cm³/mol. The van der Waals surface area contributed by atoms with Gasteiger partial charge in [0.05, 0.1) is 0 Å². The van der Waals surface area contributed by atoms with Gasteiger partial charge in [0.25, 0.3) is 0 Å². The predicted octanol–water partition coefficient (Wildman–Crippen LogP) is 1.30. The van der Waals surface area contributed by atoms with Crippen molar-refractivity contribution >= 4 is 11.9 Å². The molecule has 0 fully saturated rings. The maximum absolute atomic E-state index is 5.45. The summed E-state index contributed by atoms with van der Waals surface area (Å²) in [7, 11) is 0. The van der Waals surface area contributed by atoms with Gasteiger partial charge in [0.1, 0.15) is 6.33 Å². The molecule has 0 aliphatic carbocycles. The van der Waals surface area contributed by atoms with Crippen molar-refractivity contribution < 1.29 is 0 Å². The van der Waals surface area contributed by atoms with E-state index in [9.17, 15) is 0 Å². The van der Waals surface area contributed by atoms with Gasteiger partial charge in [-0.2, -0.15) is 4.98 Å². The molecule has 0 saturated carbocycles. The van der Waals surface area contributed by atoms with E-state index in [1.165, 1.54) is 6.33 Å². The van der Waals surface area contributed by atoms with Crippen LogP contribution in [-0.4, -0.2) is 21.0 Å². The molecule has 0 radical (unpaired) electrons. The first-order chi connectivity index (χ1) is 6.63. The highest BCUT2D eigenvalue weighted by Crippen LogP contribution is 2.11. The fourth-order valence-electron chi connectivity index (χ4n) is 1.28. The smallest absolute Gasteiger partial charge is 0.227 e. The van der Waals surface area contributed by atoms with Gasteiger partial charge in [-0.05, 0) is 12.3 Å². The summed E-state index contributed by atoms with van der Waals surface area (Å²) in [5, 5.41) is 3.23. The molecule has 1 heterocycles. The van der Waals surface area contributed by atoms with Gasteiger partial charge in [0.2, 0.25) is 11.9 Å². The Kier molecular flexibility index (Phi) is 3.62. The van der Waals surface area contributed by atoms with Gasteiger partial charge in [-0.3, -0.25) is 0 Å². The van der Waals surface area contributed by atoms with Gasteiger partial charge in [0, 0.05) is 6.04 Å². The van der Waals surface area contributed by atoms with Crippen molar-refractivity contribution in [3.05, 3.63) is 6.33 Å². The molecule has 1 unspecified atom stereocenters. The number of nitrogens with zero attached hydrogens (tertiary/aromatic N) is 3. The molecule has 0 spiro atoms. The van der Waals surface area contributed by atoms with Crippen molar-refractivity contribution in [3.63, 3.8) is 0 Å². The largest absolute Gasteiger partial charge is 0.368 e. The van der Waals surface area contributed by atoms with Crippen LogP contribution in [0.3, 0.4) is 0 Å². The normalized spacial score (nSPS) is 12.9. The Labute approximate surface area is 84.2 Å². The van der Waals surface area contributed by atoms with Crippen molar-refractivity contribution in [2.75, 3.05) is 11.1 Å². The van der Waals surface area contributed by atoms with E-state index in [1.807, 2.05) is 0 Å². The summed E-state index contributed by atoms with van der Waals surface area (Å²) in [6.45, 7) is 6.44. The van der Waals surface area contributed by atoms with E-state index < -0.39 is 0 Å². The molecule has 5 heteroatoms. The van der Waals surface area contributed by atoms with E-state index in [1.54, 1.807) is 0 Å². The van der Waals surface area contributed by atoms with Gasteiger partial charge in [-0.25, -0.2) is 9.97 Å². The van der Waals surface area contributed by atoms with Crippen LogP contribution in [0.5, 0.6) is 0 Å². The molecule has 0 aliphatic heterocycles. The van der Waals surface area contributed by atoms with Crippen LogP contribution in [0.4, 0.5) is 11.9 Å². The molecule has 1 aromatic rings. The van der Waals surface area contributed by atoms with E-state index in [0.29, 0.717) is 17.9 Å². The minimum atomic E-state index is 0.251. The Morgan fingerprint density at radius 2 is 2.14 bits per heavy atom. The maximum atomic E-state index is 5.45. The minimum Gasteiger partial charge on any atom is -0.368 e. The Bertz CT molecular complexity index is 286. The molecule has 0 amide bonds. The number of nitrogens with one attached hydrogen (secondary N) is 1. The number of nitrogens with two attached hydrogens (primary N) is 1. The molecule has 14 heavy (non-hydrogen) atoms. The van der Waals surface area contributed by atoms with Gasteiger partial charge in [-0.1, -0.05) is 20.8 Å². The number of nitrogen functional groups attached to an aromatic ring is 1. The fourth-order valence-corrected chi connectivity index (χ4v) is 1.28. The summed E-state index contributed by atoms with van der Waals surface area (Å²) >= 11 is 0. The first-order valence-electron chi connectivity index (χ1n) is 4.84. The number of rotatable bonds is 4. The molecular weight excluding hydrogens is 178 g/mol. The zero-order chi connectivity index (χ0) is 10.6. The third-order valence-electron chi connectivity index (χ3n) is 2.15. The molecule has 78 valence electrons. The molecular formula is C9H17N5. The van der Waals surface area contributed by atoms with Crippen molar-refractivity contribution in [1.29, 1.82) is 0 Å². The summed E-state index contributed by atoms with van der Waals surface area (Å²) in [6.07, 6.45) is 2.45. The zero-order valence-corrected chi connectivity index (χ0v) is 8.86. The average molecular weight is 195 g/mol. The molecule has 3 N–H and O–H groups in total. The Morgan fingerprint density at radius 1 is 1.43 bits per heavy atom. The van der Waals surface area contributed by atoms with E-state index >= 15 is 0 Å². The van der Waals surface area contributed by atoms with Crippen molar-refractivity contribution in [2.45, 2.75) is 33.2 Å². The van der Waals surface area contributed by atoms with Crippen LogP contribution >= 0.6 is 0 Å². The van der Waals surface area contributed by atoms with Crippen LogP contribution in [0.25, 0.3) is 0 Å². The van der Waals surface area contributed by atoms with E-state index in [4.69, 9.17) is 5.73 Å². The van der Waals surface area contributed by atoms with Crippen LogP contribution in [0.1, 0.15) is 27.2 Å². The molecule has 0 aliphatic rings. The lowest BCUT2D eigenvalue weighted by Gasteiger charge is -2.20. The minimum absolute atomic E-state index is 0.251. The highest BCUT2D eigenvalue weighted by Gasteiger charge is 2.11. The van der Waals surface area contributed by atoms with Crippen LogP contribution in [0, 0.1) is 5.92 Å². The average Bonchev–Trinajstić information content (AvgIpc) is 2.14. The Morgan fingerprint density at radius 3 is 2.64 bits per heavy atom. The molecule has 5 nitrogen and oxygen atoms in total. The SMILES string of the molecule is CCC(Nc1ncnc(N)n1)C(C)C. The molecule has 1 rings (SSSR count). The van der Waals surface area contributed by atoms with Crippen LogP contribution < -0.4 is 11.1 Å². The first kappa shape index (κ1) is 10.7. The molecule has 0 aromatic carbocycles. The van der Waals surface area contributed by atoms with Crippen LogP contribution in [0.15, 0.2) is 6.33 Å². The Hall–Kier alpha value is -1.39. The first-order valence-corrected chi connectivity index (χ1v) is 4.84. The maximum Gasteiger partial charge on any atom is 0.227 e. The molecule has 1 aromatic heterocycles. The van der Waals surface area contributed by atoms with Crippen LogP contribution in [0.2, 0.25) is 0 Å². The Balaban J connectivity index is 2.67. The molecule has 1 atom stereocenters. The molecule has 0 bridgehead atoms. The van der Waals surface area contributed by atoms with E-state index in [2.05, 4.69) is 41.0 Å². The number of hydrogen-bond donors (Lipinski definition) is 2. The summed E-state index contributed by atoms with van der Waals surface area (Å²) < 4.78 is 0. The summed E-state index contributed by atoms with van der Waals surface area (Å²) in [4.78, 5) is 11.7. The second-order valence-electron chi connectivity index (χ2n) is 3.57. The second-order valence-corrected chi connectivity index (χ2v) is 3.57. The summed E-state index contributed by atoms with van der Waals surface area (Å²) in [5.74, 6) is 1.34. The van der Waals surface area contributed by atoms with Gasteiger partial charge in [0.15, 0.2) is 0 Å². The third-order valence-corrected chi connectivity index (χ3v) is 2.15. The molecule has 0 saturated heterocycles. The monoisotopic (exact) mass is 195 g/mol. The lowest BCUT2D eigenvalue weighted by Crippen LogP contribution is -2.25. The van der Waals surface area contributed by atoms with E-state index in [-0.39, 0.29) is 5.95 Å². The number of hydrogen-bond acceptors (Lipinski definition) is 5. The van der Waals surface area contributed by atoms with Crippen molar-refractivity contribution in [2.24, 2.45) is 5.92 Å². The number of aromatic nitrogens is 3. The third kappa shape index (κ3) is 2.83. The van der Waals surface area contributed by atoms with Crippen molar-refractivity contribution in [1.82, 2.24) is 15.0 Å². The zero-order valence-electron chi connectivity index (χ0n) is 8.86. The van der Waals surface area contributed by atoms with Gasteiger partial charge >= 0.3 is 0 Å². The van der Waals surface area contributed by atoms with Crippen LogP contribution in [-0.2, 0) is 0 Å². The standard InChI is InChI=1S/C9H17N5/c1-4-7(6(2)3)13-9-12-5-11-8(10)14-9/h5-7H,4H2,1-3H3,(H3,10,11,12,13,14). The fraction of sp³-hybridized carbons (Fsp3) is 0.667.